The van der Waals surface area contributed by atoms with E-state index in [1.165, 1.54) is 12.8 Å². The maximum Gasteiger partial charge on any atom is 0.313 e. The van der Waals surface area contributed by atoms with Gasteiger partial charge in [-0.1, -0.05) is 0 Å². The summed E-state index contributed by atoms with van der Waals surface area (Å²) in [5.41, 5.74) is 10.0. The number of ether oxygens (including phenoxy) is 1. The molecule has 0 aliphatic heterocycles. The van der Waals surface area contributed by atoms with E-state index in [0.717, 1.165) is 35.0 Å². The van der Waals surface area contributed by atoms with Crippen LogP contribution in [0.5, 0.6) is 0 Å². The number of methoxy groups -OCH3 is 1. The van der Waals surface area contributed by atoms with Crippen LogP contribution in [0.4, 0.5) is 5.69 Å². The summed E-state index contributed by atoms with van der Waals surface area (Å²) < 4.78 is 7.06. The van der Waals surface area contributed by atoms with Gasteiger partial charge in [-0.15, -0.1) is 0 Å². The van der Waals surface area contributed by atoms with Crippen LogP contribution >= 0.6 is 0 Å². The Bertz CT molecular complexity index is 643. The van der Waals surface area contributed by atoms with Gasteiger partial charge in [0.15, 0.2) is 0 Å². The molecular weight excluding hydrogens is 228 g/mol. The SMILES string of the molecule is COC(=O)[C@@H]1CCc2c1c1cc(N)ccc1n2C. The summed E-state index contributed by atoms with van der Waals surface area (Å²) in [4.78, 5) is 11.9. The second kappa shape index (κ2) is 3.77. The van der Waals surface area contributed by atoms with Crippen molar-refractivity contribution in [3.05, 3.63) is 29.5 Å². The first-order valence-corrected chi connectivity index (χ1v) is 6.08. The molecule has 1 aromatic heterocycles. The maximum atomic E-state index is 11.9. The highest BCUT2D eigenvalue weighted by Gasteiger charge is 2.34. The fourth-order valence-electron chi connectivity index (χ4n) is 3.04. The van der Waals surface area contributed by atoms with Gasteiger partial charge in [-0.3, -0.25) is 4.79 Å². The van der Waals surface area contributed by atoms with Crippen LogP contribution < -0.4 is 5.73 Å². The molecule has 0 fully saturated rings. The smallest absolute Gasteiger partial charge is 0.313 e. The van der Waals surface area contributed by atoms with Gasteiger partial charge in [-0.2, -0.15) is 0 Å². The number of carbonyl (C=O) groups excluding carboxylic acids is 1. The molecule has 0 radical (unpaired) electrons. The minimum Gasteiger partial charge on any atom is -0.469 e. The second-order valence-electron chi connectivity index (χ2n) is 4.81. The number of nitrogens with two attached hydrogens (primary N) is 1. The first-order chi connectivity index (χ1) is 8.63. The maximum absolute atomic E-state index is 11.9. The van der Waals surface area contributed by atoms with E-state index in [1.54, 1.807) is 0 Å². The van der Waals surface area contributed by atoms with Crippen LogP contribution in [-0.4, -0.2) is 17.6 Å². The van der Waals surface area contributed by atoms with Gasteiger partial charge in [0, 0.05) is 29.3 Å². The van der Waals surface area contributed by atoms with Gasteiger partial charge in [-0.25, -0.2) is 0 Å². The average molecular weight is 244 g/mol. The number of hydrogen-bond donors (Lipinski definition) is 1. The van der Waals surface area contributed by atoms with Crippen molar-refractivity contribution in [3.63, 3.8) is 0 Å². The summed E-state index contributed by atoms with van der Waals surface area (Å²) in [5, 5.41) is 1.08. The molecule has 4 nitrogen and oxygen atoms in total. The third-order valence-electron chi connectivity index (χ3n) is 3.89. The van der Waals surface area contributed by atoms with Gasteiger partial charge in [0.25, 0.3) is 0 Å². The third kappa shape index (κ3) is 1.35. The van der Waals surface area contributed by atoms with Crippen LogP contribution in [-0.2, 0) is 23.0 Å². The number of hydrogen-bond acceptors (Lipinski definition) is 3. The van der Waals surface area contributed by atoms with E-state index in [9.17, 15) is 4.79 Å². The average Bonchev–Trinajstić information content (AvgIpc) is 2.90. The first-order valence-electron chi connectivity index (χ1n) is 6.08. The molecule has 3 rings (SSSR count). The highest BCUT2D eigenvalue weighted by atomic mass is 16.5. The van der Waals surface area contributed by atoms with E-state index >= 15 is 0 Å². The highest BCUT2D eigenvalue weighted by Crippen LogP contribution is 2.41. The lowest BCUT2D eigenvalue weighted by Crippen LogP contribution is -2.11. The molecule has 4 heteroatoms. The summed E-state index contributed by atoms with van der Waals surface area (Å²) in [6, 6.07) is 5.86. The van der Waals surface area contributed by atoms with Crippen LogP contribution in [0.1, 0.15) is 23.6 Å². The molecule has 1 aromatic carbocycles. The fourth-order valence-corrected chi connectivity index (χ4v) is 3.04. The summed E-state index contributed by atoms with van der Waals surface area (Å²) in [6.07, 6.45) is 1.75. The normalized spacial score (nSPS) is 18.0. The van der Waals surface area contributed by atoms with E-state index in [1.807, 2.05) is 25.2 Å². The largest absolute Gasteiger partial charge is 0.469 e. The number of nitrogens with zero attached hydrogens (tertiary/aromatic N) is 1. The lowest BCUT2D eigenvalue weighted by molar-refractivity contribution is -0.142. The molecule has 18 heavy (non-hydrogen) atoms. The van der Waals surface area contributed by atoms with E-state index < -0.39 is 0 Å². The monoisotopic (exact) mass is 244 g/mol. The molecule has 1 aliphatic rings. The molecule has 1 heterocycles. The van der Waals surface area contributed by atoms with Crippen LogP contribution in [0.25, 0.3) is 10.9 Å². The van der Waals surface area contributed by atoms with E-state index in [4.69, 9.17) is 10.5 Å². The molecule has 0 amide bonds. The van der Waals surface area contributed by atoms with Crippen molar-refractivity contribution in [2.45, 2.75) is 18.8 Å². The van der Waals surface area contributed by atoms with Crippen molar-refractivity contribution in [1.29, 1.82) is 0 Å². The van der Waals surface area contributed by atoms with Gasteiger partial charge in [0.05, 0.1) is 13.0 Å². The van der Waals surface area contributed by atoms with Crippen LogP contribution in [0.2, 0.25) is 0 Å². The predicted octanol–water partition coefficient (Wildman–Crippen LogP) is 1.96. The van der Waals surface area contributed by atoms with Crippen LogP contribution in [0, 0.1) is 0 Å². The lowest BCUT2D eigenvalue weighted by Gasteiger charge is -2.08. The Labute approximate surface area is 105 Å². The molecular formula is C14H16N2O2. The van der Waals surface area contributed by atoms with Gasteiger partial charge in [-0.05, 0) is 36.6 Å². The molecule has 0 bridgehead atoms. The number of anilines is 1. The van der Waals surface area contributed by atoms with E-state index in [-0.39, 0.29) is 11.9 Å². The van der Waals surface area contributed by atoms with Crippen molar-refractivity contribution in [2.75, 3.05) is 12.8 Å². The first kappa shape index (κ1) is 11.1. The standard InChI is InChI=1S/C14H16N2O2/c1-16-11-5-3-8(15)7-10(11)13-9(14(17)18-2)4-6-12(13)16/h3,5,7,9H,4,6,15H2,1-2H3/t9-/m1/s1. The van der Waals surface area contributed by atoms with Crippen molar-refractivity contribution in [1.82, 2.24) is 4.57 Å². The molecule has 2 aromatic rings. The molecule has 1 aliphatic carbocycles. The van der Waals surface area contributed by atoms with Gasteiger partial charge >= 0.3 is 5.97 Å². The number of carbonyl (C=O) groups is 1. The van der Waals surface area contributed by atoms with Crippen molar-refractivity contribution in [2.24, 2.45) is 7.05 Å². The summed E-state index contributed by atoms with van der Waals surface area (Å²) >= 11 is 0. The van der Waals surface area contributed by atoms with Crippen LogP contribution in [0.15, 0.2) is 18.2 Å². The fraction of sp³-hybridized carbons (Fsp3) is 0.357. The molecule has 0 saturated heterocycles. The molecule has 0 saturated carbocycles. The highest BCUT2D eigenvalue weighted by molar-refractivity contribution is 5.94. The predicted molar refractivity (Wildman–Crippen MR) is 70.4 cm³/mol. The molecule has 2 N–H and O–H groups in total. The number of aromatic nitrogens is 1. The zero-order chi connectivity index (χ0) is 12.9. The Morgan fingerprint density at radius 1 is 1.50 bits per heavy atom. The zero-order valence-electron chi connectivity index (χ0n) is 10.6. The number of rotatable bonds is 1. The number of esters is 1. The summed E-state index contributed by atoms with van der Waals surface area (Å²) in [7, 11) is 3.48. The lowest BCUT2D eigenvalue weighted by atomic mass is 10.00. The Balaban J connectivity index is 2.28. The Morgan fingerprint density at radius 2 is 2.28 bits per heavy atom. The van der Waals surface area contributed by atoms with Gasteiger partial charge < -0.3 is 15.0 Å². The molecule has 0 unspecified atom stereocenters. The summed E-state index contributed by atoms with van der Waals surface area (Å²) in [5.74, 6) is -0.292. The van der Waals surface area contributed by atoms with E-state index in [2.05, 4.69) is 4.57 Å². The molecule has 0 spiro atoms. The zero-order valence-corrected chi connectivity index (χ0v) is 10.6. The number of aryl methyl sites for hydroxylation is 1. The van der Waals surface area contributed by atoms with Crippen LogP contribution in [0.3, 0.4) is 0 Å². The topological polar surface area (TPSA) is 57.2 Å². The quantitative estimate of drug-likeness (QED) is 0.616. The van der Waals surface area contributed by atoms with Crippen molar-refractivity contribution < 1.29 is 9.53 Å². The Kier molecular flexibility index (Phi) is 2.33. The second-order valence-corrected chi connectivity index (χ2v) is 4.81. The Hall–Kier alpha value is -1.97. The minimum atomic E-state index is -0.149. The Morgan fingerprint density at radius 3 is 3.00 bits per heavy atom. The number of nitrogen functional groups attached to an aromatic ring is 1. The van der Waals surface area contributed by atoms with E-state index in [0.29, 0.717) is 0 Å². The number of fused-ring (bicyclic) bond motifs is 3. The van der Waals surface area contributed by atoms with Gasteiger partial charge in [0.2, 0.25) is 0 Å². The van der Waals surface area contributed by atoms with Crippen molar-refractivity contribution in [3.8, 4) is 0 Å². The molecule has 94 valence electrons. The summed E-state index contributed by atoms with van der Waals surface area (Å²) in [6.45, 7) is 0. The molecule has 1 atom stereocenters. The number of benzene rings is 1. The van der Waals surface area contributed by atoms with Gasteiger partial charge in [0.1, 0.15) is 0 Å². The third-order valence-corrected chi connectivity index (χ3v) is 3.89. The minimum absolute atomic E-state index is 0.143. The van der Waals surface area contributed by atoms with Crippen molar-refractivity contribution >= 4 is 22.6 Å².